The minimum Gasteiger partial charge on any atom is -0.508 e. The Morgan fingerprint density at radius 2 is 1.79 bits per heavy atom. The largest absolute Gasteiger partial charge is 0.508 e. The number of hydrogen-bond donors (Lipinski definition) is 2. The molecule has 0 aliphatic carbocycles. The maximum atomic E-state index is 12.2. The van der Waals surface area contributed by atoms with E-state index < -0.39 is 0 Å². The zero-order chi connectivity index (χ0) is 17.1. The van der Waals surface area contributed by atoms with Gasteiger partial charge in [0.05, 0.1) is 12.8 Å². The molecule has 0 spiro atoms. The van der Waals surface area contributed by atoms with E-state index in [0.29, 0.717) is 10.7 Å². The second kappa shape index (κ2) is 6.72. The van der Waals surface area contributed by atoms with E-state index in [0.717, 1.165) is 21.9 Å². The van der Waals surface area contributed by atoms with E-state index in [1.807, 2.05) is 31.2 Å². The Labute approximate surface area is 143 Å². The zero-order valence-electron chi connectivity index (χ0n) is 13.2. The second-order valence-electron chi connectivity index (χ2n) is 5.15. The Balaban J connectivity index is 1.80. The van der Waals surface area contributed by atoms with Gasteiger partial charge in [-0.2, -0.15) is 0 Å². The molecule has 1 amide bonds. The Kier molecular flexibility index (Phi) is 4.48. The van der Waals surface area contributed by atoms with E-state index in [1.165, 1.54) is 23.5 Å². The summed E-state index contributed by atoms with van der Waals surface area (Å²) in [6, 6.07) is 13.7. The van der Waals surface area contributed by atoms with E-state index in [9.17, 15) is 9.90 Å². The van der Waals surface area contributed by atoms with E-state index in [2.05, 4.69) is 10.3 Å². The number of hydrogen-bond acceptors (Lipinski definition) is 5. The number of carbonyl (C=O) groups excluding carboxylic acids is 1. The van der Waals surface area contributed by atoms with Gasteiger partial charge in [-0.1, -0.05) is 0 Å². The van der Waals surface area contributed by atoms with Crippen LogP contribution in [0, 0.1) is 6.92 Å². The fraction of sp³-hybridized carbons (Fsp3) is 0.111. The number of phenols is 1. The van der Waals surface area contributed by atoms with Crippen molar-refractivity contribution in [2.24, 2.45) is 0 Å². The van der Waals surface area contributed by atoms with Crippen molar-refractivity contribution in [3.05, 3.63) is 59.0 Å². The zero-order valence-corrected chi connectivity index (χ0v) is 14.1. The fourth-order valence-corrected chi connectivity index (χ4v) is 3.08. The van der Waals surface area contributed by atoms with Gasteiger partial charge in [0.1, 0.15) is 11.5 Å². The lowest BCUT2D eigenvalue weighted by molar-refractivity contribution is 0.102. The summed E-state index contributed by atoms with van der Waals surface area (Å²) in [6.07, 6.45) is 0. The number of anilines is 1. The lowest BCUT2D eigenvalue weighted by atomic mass is 10.1. The molecule has 1 aromatic heterocycles. The maximum absolute atomic E-state index is 12.2. The summed E-state index contributed by atoms with van der Waals surface area (Å²) in [6.45, 7) is 1.97. The van der Waals surface area contributed by atoms with Crippen LogP contribution in [0.25, 0.3) is 11.3 Å². The molecule has 2 aromatic carbocycles. The molecule has 0 aliphatic rings. The molecule has 2 N–H and O–H groups in total. The number of thiazole rings is 1. The van der Waals surface area contributed by atoms with Gasteiger partial charge in [-0.3, -0.25) is 10.1 Å². The first kappa shape index (κ1) is 16.0. The van der Waals surface area contributed by atoms with Crippen molar-refractivity contribution in [1.82, 2.24) is 4.98 Å². The van der Waals surface area contributed by atoms with Crippen molar-refractivity contribution in [2.45, 2.75) is 6.92 Å². The topological polar surface area (TPSA) is 71.5 Å². The van der Waals surface area contributed by atoms with Crippen molar-refractivity contribution < 1.29 is 14.6 Å². The number of rotatable bonds is 4. The number of amides is 1. The number of phenolic OH excluding ortho intramolecular Hbond substituents is 1. The van der Waals surface area contributed by atoms with Gasteiger partial charge in [-0.05, 0) is 55.5 Å². The van der Waals surface area contributed by atoms with Gasteiger partial charge >= 0.3 is 0 Å². The quantitative estimate of drug-likeness (QED) is 0.750. The van der Waals surface area contributed by atoms with Gasteiger partial charge in [0, 0.05) is 16.0 Å². The van der Waals surface area contributed by atoms with Crippen molar-refractivity contribution in [1.29, 1.82) is 0 Å². The van der Waals surface area contributed by atoms with Crippen LogP contribution >= 0.6 is 11.3 Å². The second-order valence-corrected chi connectivity index (χ2v) is 6.36. The Morgan fingerprint density at radius 1 is 1.12 bits per heavy atom. The summed E-state index contributed by atoms with van der Waals surface area (Å²) in [5, 5.41) is 12.6. The van der Waals surface area contributed by atoms with Crippen molar-refractivity contribution >= 4 is 22.4 Å². The fourth-order valence-electron chi connectivity index (χ4n) is 2.25. The lowest BCUT2D eigenvalue weighted by Gasteiger charge is -2.02. The third-order valence-electron chi connectivity index (χ3n) is 3.51. The van der Waals surface area contributed by atoms with Crippen LogP contribution in [0.1, 0.15) is 15.2 Å². The number of ether oxygens (including phenoxy) is 1. The van der Waals surface area contributed by atoms with Crippen LogP contribution in [-0.2, 0) is 0 Å². The normalized spacial score (nSPS) is 10.4. The summed E-state index contributed by atoms with van der Waals surface area (Å²) in [5.74, 6) is 0.649. The smallest absolute Gasteiger partial charge is 0.257 e. The van der Waals surface area contributed by atoms with Crippen LogP contribution in [-0.4, -0.2) is 23.1 Å². The molecule has 0 unspecified atom stereocenters. The number of benzene rings is 2. The summed E-state index contributed by atoms with van der Waals surface area (Å²) in [4.78, 5) is 17.8. The molecule has 0 fully saturated rings. The predicted molar refractivity (Wildman–Crippen MR) is 94.9 cm³/mol. The number of methoxy groups -OCH3 is 1. The highest BCUT2D eigenvalue weighted by molar-refractivity contribution is 7.16. The molecule has 0 saturated heterocycles. The average Bonchev–Trinajstić information content (AvgIpc) is 2.95. The molecule has 122 valence electrons. The van der Waals surface area contributed by atoms with E-state index >= 15 is 0 Å². The van der Waals surface area contributed by atoms with Crippen molar-refractivity contribution in [3.63, 3.8) is 0 Å². The Hall–Kier alpha value is -2.86. The van der Waals surface area contributed by atoms with E-state index in [4.69, 9.17) is 4.74 Å². The number of aromatic hydroxyl groups is 1. The standard InChI is InChI=1S/C18H16N2O3S/c1-11-16(12-5-9-15(23-2)10-6-12)19-18(24-11)20-17(22)13-3-7-14(21)8-4-13/h3-10,21H,1-2H3,(H,19,20,22). The van der Waals surface area contributed by atoms with Crippen LogP contribution in [0.5, 0.6) is 11.5 Å². The predicted octanol–water partition coefficient (Wildman–Crippen LogP) is 4.09. The molecular formula is C18H16N2O3S. The first-order valence-electron chi connectivity index (χ1n) is 7.29. The molecule has 0 aliphatic heterocycles. The van der Waals surface area contributed by atoms with Gasteiger partial charge in [0.2, 0.25) is 0 Å². The van der Waals surface area contributed by atoms with Crippen LogP contribution in [0.2, 0.25) is 0 Å². The summed E-state index contributed by atoms with van der Waals surface area (Å²) < 4.78 is 5.16. The summed E-state index contributed by atoms with van der Waals surface area (Å²) in [5.41, 5.74) is 2.27. The Morgan fingerprint density at radius 3 is 2.42 bits per heavy atom. The minimum absolute atomic E-state index is 0.124. The average molecular weight is 340 g/mol. The molecule has 0 bridgehead atoms. The number of carbonyl (C=O) groups is 1. The van der Waals surface area contributed by atoms with E-state index in [1.54, 1.807) is 19.2 Å². The third-order valence-corrected chi connectivity index (χ3v) is 4.40. The van der Waals surface area contributed by atoms with Crippen LogP contribution in [0.15, 0.2) is 48.5 Å². The van der Waals surface area contributed by atoms with Crippen LogP contribution < -0.4 is 10.1 Å². The van der Waals surface area contributed by atoms with Crippen LogP contribution in [0.3, 0.4) is 0 Å². The highest BCUT2D eigenvalue weighted by Gasteiger charge is 2.13. The van der Waals surface area contributed by atoms with Gasteiger partial charge in [0.25, 0.3) is 5.91 Å². The molecule has 3 aromatic rings. The first-order valence-corrected chi connectivity index (χ1v) is 8.10. The van der Waals surface area contributed by atoms with Gasteiger partial charge in [-0.15, -0.1) is 11.3 Å². The monoisotopic (exact) mass is 340 g/mol. The molecule has 1 heterocycles. The highest BCUT2D eigenvalue weighted by Crippen LogP contribution is 2.31. The number of aryl methyl sites for hydroxylation is 1. The van der Waals surface area contributed by atoms with Crippen LogP contribution in [0.4, 0.5) is 5.13 Å². The molecular weight excluding hydrogens is 324 g/mol. The molecule has 0 saturated carbocycles. The molecule has 3 rings (SSSR count). The van der Waals surface area contributed by atoms with Gasteiger partial charge < -0.3 is 9.84 Å². The van der Waals surface area contributed by atoms with Crippen molar-refractivity contribution in [3.8, 4) is 22.8 Å². The molecule has 6 heteroatoms. The number of nitrogens with one attached hydrogen (secondary N) is 1. The first-order chi connectivity index (χ1) is 11.6. The number of nitrogens with zero attached hydrogens (tertiary/aromatic N) is 1. The third kappa shape index (κ3) is 3.38. The highest BCUT2D eigenvalue weighted by atomic mass is 32.1. The number of aromatic nitrogens is 1. The van der Waals surface area contributed by atoms with E-state index in [-0.39, 0.29) is 11.7 Å². The molecule has 5 nitrogen and oxygen atoms in total. The summed E-state index contributed by atoms with van der Waals surface area (Å²) >= 11 is 1.42. The van der Waals surface area contributed by atoms with Gasteiger partial charge in [0.15, 0.2) is 5.13 Å². The minimum atomic E-state index is -0.259. The Bertz CT molecular complexity index is 855. The van der Waals surface area contributed by atoms with Gasteiger partial charge in [-0.25, -0.2) is 4.98 Å². The SMILES string of the molecule is COc1ccc(-c2nc(NC(=O)c3ccc(O)cc3)sc2C)cc1. The molecule has 0 atom stereocenters. The van der Waals surface area contributed by atoms with Crippen molar-refractivity contribution in [2.75, 3.05) is 12.4 Å². The lowest BCUT2D eigenvalue weighted by Crippen LogP contribution is -2.11. The maximum Gasteiger partial charge on any atom is 0.257 e. The molecule has 0 radical (unpaired) electrons. The molecule has 24 heavy (non-hydrogen) atoms. The summed E-state index contributed by atoms with van der Waals surface area (Å²) in [7, 11) is 1.63.